The van der Waals surface area contributed by atoms with Crippen molar-refractivity contribution in [2.45, 2.75) is 51.2 Å². The van der Waals surface area contributed by atoms with Crippen LogP contribution in [-0.4, -0.2) is 29.6 Å². The Bertz CT molecular complexity index is 426. The van der Waals surface area contributed by atoms with Gasteiger partial charge in [0.05, 0.1) is 0 Å². The predicted octanol–water partition coefficient (Wildman–Crippen LogP) is 3.21. The van der Waals surface area contributed by atoms with Crippen molar-refractivity contribution < 1.29 is 0 Å². The van der Waals surface area contributed by atoms with Gasteiger partial charge < -0.3 is 5.32 Å². The first-order valence-corrected chi connectivity index (χ1v) is 7.66. The Morgan fingerprint density at radius 3 is 2.58 bits per heavy atom. The van der Waals surface area contributed by atoms with Crippen molar-refractivity contribution in [2.75, 3.05) is 13.1 Å². The minimum Gasteiger partial charge on any atom is -0.308 e. The summed E-state index contributed by atoms with van der Waals surface area (Å²) in [6, 6.07) is 12.0. The fraction of sp³-hybridized carbons (Fsp3) is 0.647. The molecule has 1 heterocycles. The number of rotatable bonds is 3. The summed E-state index contributed by atoms with van der Waals surface area (Å²) in [5.41, 5.74) is 1.77. The van der Waals surface area contributed by atoms with Crippen molar-refractivity contribution in [3.63, 3.8) is 0 Å². The van der Waals surface area contributed by atoms with Crippen LogP contribution >= 0.6 is 0 Å². The quantitative estimate of drug-likeness (QED) is 0.895. The van der Waals surface area contributed by atoms with Gasteiger partial charge in [0.2, 0.25) is 0 Å². The molecule has 19 heavy (non-hydrogen) atoms. The summed E-state index contributed by atoms with van der Waals surface area (Å²) < 4.78 is 0. The second-order valence-electron chi connectivity index (χ2n) is 6.68. The second kappa shape index (κ2) is 4.92. The molecule has 1 saturated carbocycles. The van der Waals surface area contributed by atoms with Gasteiger partial charge in [-0.15, -0.1) is 0 Å². The average Bonchev–Trinajstić information content (AvgIpc) is 3.27. The highest BCUT2D eigenvalue weighted by molar-refractivity contribution is 5.19. The Morgan fingerprint density at radius 1 is 1.26 bits per heavy atom. The summed E-state index contributed by atoms with van der Waals surface area (Å²) in [5, 5.41) is 3.80. The van der Waals surface area contributed by atoms with E-state index in [0.29, 0.717) is 17.6 Å². The molecule has 1 aromatic rings. The molecule has 0 amide bonds. The molecule has 2 heteroatoms. The van der Waals surface area contributed by atoms with Crippen LogP contribution in [0.1, 0.15) is 45.2 Å². The fourth-order valence-electron chi connectivity index (χ4n) is 3.52. The smallest absolute Gasteiger partial charge is 0.0324 e. The van der Waals surface area contributed by atoms with Crippen molar-refractivity contribution in [2.24, 2.45) is 5.92 Å². The fourth-order valence-corrected chi connectivity index (χ4v) is 3.52. The number of piperazine rings is 1. The third kappa shape index (κ3) is 2.56. The lowest BCUT2D eigenvalue weighted by Gasteiger charge is -2.48. The van der Waals surface area contributed by atoms with Gasteiger partial charge in [-0.3, -0.25) is 4.90 Å². The molecule has 2 aliphatic rings. The topological polar surface area (TPSA) is 15.3 Å². The van der Waals surface area contributed by atoms with E-state index in [0.717, 1.165) is 12.5 Å². The maximum absolute atomic E-state index is 3.80. The van der Waals surface area contributed by atoms with E-state index in [1.54, 1.807) is 0 Å². The molecule has 3 unspecified atom stereocenters. The Labute approximate surface area is 117 Å². The van der Waals surface area contributed by atoms with Crippen LogP contribution in [0.15, 0.2) is 30.3 Å². The van der Waals surface area contributed by atoms with Crippen molar-refractivity contribution in [3.8, 4) is 0 Å². The third-order valence-electron chi connectivity index (χ3n) is 5.14. The van der Waals surface area contributed by atoms with E-state index >= 15 is 0 Å². The van der Waals surface area contributed by atoms with E-state index in [1.807, 2.05) is 0 Å². The maximum Gasteiger partial charge on any atom is 0.0324 e. The third-order valence-corrected chi connectivity index (χ3v) is 5.14. The van der Waals surface area contributed by atoms with Crippen molar-refractivity contribution >= 4 is 0 Å². The van der Waals surface area contributed by atoms with E-state index < -0.39 is 0 Å². The van der Waals surface area contributed by atoms with Gasteiger partial charge in [0.25, 0.3) is 0 Å². The van der Waals surface area contributed by atoms with Crippen LogP contribution in [0.2, 0.25) is 0 Å². The van der Waals surface area contributed by atoms with Crippen LogP contribution in [0.3, 0.4) is 0 Å². The number of benzene rings is 1. The highest BCUT2D eigenvalue weighted by atomic mass is 15.3. The number of hydrogen-bond donors (Lipinski definition) is 1. The molecule has 1 aliphatic heterocycles. The van der Waals surface area contributed by atoms with Gasteiger partial charge in [0.1, 0.15) is 0 Å². The molecule has 3 atom stereocenters. The normalized spacial score (nSPS) is 34.2. The van der Waals surface area contributed by atoms with Crippen LogP contribution in [-0.2, 0) is 0 Å². The summed E-state index contributed by atoms with van der Waals surface area (Å²) in [5.74, 6) is 0.894. The Hall–Kier alpha value is -0.860. The minimum atomic E-state index is 0.329. The summed E-state index contributed by atoms with van der Waals surface area (Å²) in [6.07, 6.45) is 2.82. The van der Waals surface area contributed by atoms with Gasteiger partial charge in [-0.05, 0) is 45.1 Å². The molecule has 1 aromatic carbocycles. The van der Waals surface area contributed by atoms with Gasteiger partial charge in [-0.25, -0.2) is 0 Å². The monoisotopic (exact) mass is 258 g/mol. The van der Waals surface area contributed by atoms with Crippen LogP contribution in [0.5, 0.6) is 0 Å². The van der Waals surface area contributed by atoms with Crippen molar-refractivity contribution in [1.29, 1.82) is 0 Å². The molecule has 0 bridgehead atoms. The van der Waals surface area contributed by atoms with E-state index in [9.17, 15) is 0 Å². The average molecular weight is 258 g/mol. The zero-order valence-electron chi connectivity index (χ0n) is 12.4. The lowest BCUT2D eigenvalue weighted by atomic mass is 9.89. The zero-order valence-corrected chi connectivity index (χ0v) is 12.4. The van der Waals surface area contributed by atoms with Crippen LogP contribution in [0.25, 0.3) is 0 Å². The molecule has 1 N–H and O–H groups in total. The van der Waals surface area contributed by atoms with Gasteiger partial charge in [-0.2, -0.15) is 0 Å². The first-order chi connectivity index (χ1) is 9.10. The molecular formula is C17H26N2. The SMILES string of the molecule is CC1CNC(C)(C2CC2)CN1C(C)c1ccccc1. The number of hydrogen-bond acceptors (Lipinski definition) is 2. The van der Waals surface area contributed by atoms with E-state index in [2.05, 4.69) is 61.3 Å². The summed E-state index contributed by atoms with van der Waals surface area (Å²) in [7, 11) is 0. The second-order valence-corrected chi connectivity index (χ2v) is 6.68. The standard InChI is InChI=1S/C17H26N2/c1-13-11-18-17(3,16-9-10-16)12-19(13)14(2)15-7-5-4-6-8-15/h4-8,13-14,16,18H,9-12H2,1-3H3. The summed E-state index contributed by atoms with van der Waals surface area (Å²) in [6.45, 7) is 9.41. The molecule has 3 rings (SSSR count). The summed E-state index contributed by atoms with van der Waals surface area (Å²) in [4.78, 5) is 2.68. The molecule has 2 fully saturated rings. The van der Waals surface area contributed by atoms with E-state index in [1.165, 1.54) is 24.9 Å². The highest BCUT2D eigenvalue weighted by Crippen LogP contribution is 2.42. The molecule has 1 saturated heterocycles. The van der Waals surface area contributed by atoms with Crippen molar-refractivity contribution in [3.05, 3.63) is 35.9 Å². The van der Waals surface area contributed by atoms with E-state index in [4.69, 9.17) is 0 Å². The van der Waals surface area contributed by atoms with Crippen LogP contribution < -0.4 is 5.32 Å². The Kier molecular flexibility index (Phi) is 3.40. The maximum atomic E-state index is 3.80. The highest BCUT2D eigenvalue weighted by Gasteiger charge is 2.46. The van der Waals surface area contributed by atoms with Gasteiger partial charge >= 0.3 is 0 Å². The lowest BCUT2D eigenvalue weighted by molar-refractivity contribution is 0.0517. The minimum absolute atomic E-state index is 0.329. The number of nitrogens with zero attached hydrogens (tertiary/aromatic N) is 1. The summed E-state index contributed by atoms with van der Waals surface area (Å²) >= 11 is 0. The van der Waals surface area contributed by atoms with Crippen LogP contribution in [0, 0.1) is 5.92 Å². The molecule has 1 aliphatic carbocycles. The van der Waals surface area contributed by atoms with Crippen molar-refractivity contribution in [1.82, 2.24) is 10.2 Å². The van der Waals surface area contributed by atoms with Gasteiger partial charge in [0.15, 0.2) is 0 Å². The molecule has 0 aromatic heterocycles. The van der Waals surface area contributed by atoms with Gasteiger partial charge in [0, 0.05) is 30.7 Å². The molecular weight excluding hydrogens is 232 g/mol. The van der Waals surface area contributed by atoms with Gasteiger partial charge in [-0.1, -0.05) is 30.3 Å². The Balaban J connectivity index is 1.78. The molecule has 0 spiro atoms. The molecule has 2 nitrogen and oxygen atoms in total. The zero-order chi connectivity index (χ0) is 13.5. The molecule has 104 valence electrons. The largest absolute Gasteiger partial charge is 0.308 e. The Morgan fingerprint density at radius 2 is 1.95 bits per heavy atom. The number of nitrogens with one attached hydrogen (secondary N) is 1. The first-order valence-electron chi connectivity index (χ1n) is 7.66. The lowest BCUT2D eigenvalue weighted by Crippen LogP contribution is -2.63. The van der Waals surface area contributed by atoms with E-state index in [-0.39, 0.29) is 0 Å². The predicted molar refractivity (Wildman–Crippen MR) is 80.2 cm³/mol. The first kappa shape index (κ1) is 13.1. The van der Waals surface area contributed by atoms with Crippen LogP contribution in [0.4, 0.5) is 0 Å². The molecule has 0 radical (unpaired) electrons.